The van der Waals surface area contributed by atoms with Gasteiger partial charge in [-0.25, -0.2) is 8.42 Å². The van der Waals surface area contributed by atoms with Gasteiger partial charge in [-0.3, -0.25) is 10.1 Å². The number of aromatic nitrogens is 2. The molecule has 8 nitrogen and oxygen atoms in total. The van der Waals surface area contributed by atoms with Crippen molar-refractivity contribution in [3.63, 3.8) is 0 Å². The van der Waals surface area contributed by atoms with Crippen LogP contribution in [0.25, 0.3) is 11.5 Å². The number of carbonyl (C=O) groups is 1. The number of hydrogen-bond donors (Lipinski definition) is 1. The number of carbonyl (C=O) groups excluding carboxylic acids is 1. The fraction of sp³-hybridized carbons (Fsp3) is 0.278. The molecule has 4 rings (SSSR count). The Morgan fingerprint density at radius 1 is 1.20 bits per heavy atom. The first-order chi connectivity index (χ1) is 14.3. The van der Waals surface area contributed by atoms with Gasteiger partial charge in [0.05, 0.1) is 4.34 Å². The van der Waals surface area contributed by atoms with Crippen LogP contribution < -0.4 is 5.32 Å². The van der Waals surface area contributed by atoms with Crippen molar-refractivity contribution in [1.29, 1.82) is 0 Å². The molecule has 1 fully saturated rings. The third kappa shape index (κ3) is 4.45. The number of piperidine rings is 1. The minimum absolute atomic E-state index is 0.0833. The second kappa shape index (κ2) is 8.75. The summed E-state index contributed by atoms with van der Waals surface area (Å²) in [5, 5.41) is 10.4. The van der Waals surface area contributed by atoms with E-state index in [-0.39, 0.29) is 22.7 Å². The molecule has 0 bridgehead atoms. The average Bonchev–Trinajstić information content (AvgIpc) is 3.38. The normalized spacial score (nSPS) is 17.7. The maximum Gasteiger partial charge on any atom is 0.322 e. The van der Waals surface area contributed by atoms with Crippen LogP contribution in [0.5, 0.6) is 0 Å². The number of anilines is 1. The Morgan fingerprint density at radius 3 is 2.67 bits per heavy atom. The Morgan fingerprint density at radius 2 is 1.97 bits per heavy atom. The molecule has 0 saturated carbocycles. The molecule has 1 aliphatic rings. The van der Waals surface area contributed by atoms with E-state index in [4.69, 9.17) is 16.0 Å². The molecule has 12 heteroatoms. The molecule has 0 radical (unpaired) electrons. The van der Waals surface area contributed by atoms with Crippen LogP contribution in [0.3, 0.4) is 0 Å². The lowest BCUT2D eigenvalue weighted by atomic mass is 10.0. The molecule has 1 amide bonds. The maximum absolute atomic E-state index is 13.0. The molecular formula is C18H16BrClN4O4S2. The minimum atomic E-state index is -3.83. The van der Waals surface area contributed by atoms with Crippen molar-refractivity contribution in [1.82, 2.24) is 14.5 Å². The number of amides is 1. The van der Waals surface area contributed by atoms with Gasteiger partial charge in [0.1, 0.15) is 10.3 Å². The van der Waals surface area contributed by atoms with E-state index in [0.29, 0.717) is 22.7 Å². The number of nitrogens with zero attached hydrogens (tertiary/aromatic N) is 3. The van der Waals surface area contributed by atoms with E-state index in [9.17, 15) is 13.2 Å². The van der Waals surface area contributed by atoms with Crippen LogP contribution in [0.1, 0.15) is 19.3 Å². The van der Waals surface area contributed by atoms with Gasteiger partial charge in [0, 0.05) is 16.6 Å². The summed E-state index contributed by atoms with van der Waals surface area (Å²) in [4.78, 5) is 12.9. The summed E-state index contributed by atoms with van der Waals surface area (Å²) in [5.74, 6) is -0.258. The highest BCUT2D eigenvalue weighted by molar-refractivity contribution is 9.10. The van der Waals surface area contributed by atoms with Gasteiger partial charge in [0.2, 0.25) is 11.8 Å². The highest BCUT2D eigenvalue weighted by atomic mass is 79.9. The second-order valence-corrected chi connectivity index (χ2v) is 11.3. The van der Waals surface area contributed by atoms with E-state index in [1.165, 1.54) is 16.4 Å². The van der Waals surface area contributed by atoms with Crippen molar-refractivity contribution in [3.05, 3.63) is 45.2 Å². The molecule has 3 heterocycles. The molecule has 30 heavy (non-hydrogen) atoms. The molecule has 3 aromatic rings. The van der Waals surface area contributed by atoms with Gasteiger partial charge in [0.15, 0.2) is 0 Å². The summed E-state index contributed by atoms with van der Waals surface area (Å²) in [6, 6.07) is 9.29. The first-order valence-corrected chi connectivity index (χ1v) is 12.4. The Balaban J connectivity index is 1.52. The Bertz CT molecular complexity index is 1160. The van der Waals surface area contributed by atoms with Crippen molar-refractivity contribution in [2.24, 2.45) is 0 Å². The lowest BCUT2D eigenvalue weighted by Crippen LogP contribution is -2.49. The van der Waals surface area contributed by atoms with E-state index >= 15 is 0 Å². The number of thiophene rings is 1. The topological polar surface area (TPSA) is 105 Å². The zero-order valence-electron chi connectivity index (χ0n) is 15.4. The first-order valence-electron chi connectivity index (χ1n) is 9.02. The molecule has 1 atom stereocenters. The van der Waals surface area contributed by atoms with Crippen molar-refractivity contribution in [2.45, 2.75) is 29.5 Å². The number of benzene rings is 1. The predicted molar refractivity (Wildman–Crippen MR) is 117 cm³/mol. The standard InChI is InChI=1S/C18H16BrClN4O4S2/c19-12-6-4-11(5-7-12)17-22-23-18(28-17)21-16(25)13-3-1-2-10-24(13)30(26,27)15-9-8-14(20)29-15/h4-9,13H,1-3,10H2,(H,21,23,25). The second-order valence-electron chi connectivity index (χ2n) is 6.59. The molecular weight excluding hydrogens is 516 g/mol. The van der Waals surface area contributed by atoms with Crippen LogP contribution in [0.15, 0.2) is 49.5 Å². The van der Waals surface area contributed by atoms with Gasteiger partial charge < -0.3 is 4.42 Å². The average molecular weight is 532 g/mol. The number of hydrogen-bond acceptors (Lipinski definition) is 7. The zero-order valence-corrected chi connectivity index (χ0v) is 19.4. The van der Waals surface area contributed by atoms with Crippen LogP contribution in [0.2, 0.25) is 4.34 Å². The van der Waals surface area contributed by atoms with E-state index in [0.717, 1.165) is 22.2 Å². The van der Waals surface area contributed by atoms with Gasteiger partial charge >= 0.3 is 6.01 Å². The number of halogens is 2. The third-order valence-electron chi connectivity index (χ3n) is 4.61. The summed E-state index contributed by atoms with van der Waals surface area (Å²) in [6.07, 6.45) is 1.82. The minimum Gasteiger partial charge on any atom is -0.403 e. The number of nitrogens with one attached hydrogen (secondary N) is 1. The summed E-state index contributed by atoms with van der Waals surface area (Å²) >= 11 is 10.2. The molecule has 1 aromatic carbocycles. The number of sulfonamides is 1. The largest absolute Gasteiger partial charge is 0.403 e. The van der Waals surface area contributed by atoms with Gasteiger partial charge in [-0.15, -0.1) is 16.4 Å². The van der Waals surface area contributed by atoms with Crippen LogP contribution >= 0.6 is 38.9 Å². The molecule has 158 valence electrons. The summed E-state index contributed by atoms with van der Waals surface area (Å²) in [7, 11) is -3.83. The van der Waals surface area contributed by atoms with Crippen LogP contribution in [-0.4, -0.2) is 41.4 Å². The van der Waals surface area contributed by atoms with Crippen molar-refractivity contribution in [2.75, 3.05) is 11.9 Å². The smallest absolute Gasteiger partial charge is 0.322 e. The van der Waals surface area contributed by atoms with Crippen LogP contribution in [-0.2, 0) is 14.8 Å². The fourth-order valence-corrected chi connectivity index (χ4v) is 6.71. The van der Waals surface area contributed by atoms with E-state index in [1.54, 1.807) is 12.1 Å². The lowest BCUT2D eigenvalue weighted by molar-refractivity contribution is -0.120. The summed E-state index contributed by atoms with van der Waals surface area (Å²) in [5.41, 5.74) is 0.697. The molecule has 0 spiro atoms. The van der Waals surface area contributed by atoms with Crippen molar-refractivity contribution < 1.29 is 17.6 Å². The first kappa shape index (κ1) is 21.4. The van der Waals surface area contributed by atoms with Gasteiger partial charge in [-0.2, -0.15) is 4.31 Å². The van der Waals surface area contributed by atoms with E-state index in [1.807, 2.05) is 12.1 Å². The quantitative estimate of drug-likeness (QED) is 0.523. The van der Waals surface area contributed by atoms with Gasteiger partial charge in [0.25, 0.3) is 10.0 Å². The van der Waals surface area contributed by atoms with Gasteiger partial charge in [-0.05, 0) is 49.2 Å². The molecule has 1 unspecified atom stereocenters. The summed E-state index contributed by atoms with van der Waals surface area (Å²) < 4.78 is 34.2. The maximum atomic E-state index is 13.0. The van der Waals surface area contributed by atoms with Crippen LogP contribution in [0.4, 0.5) is 6.01 Å². The molecule has 2 aromatic heterocycles. The Kier molecular flexibility index (Phi) is 6.26. The molecule has 1 aliphatic heterocycles. The highest BCUT2D eigenvalue weighted by Gasteiger charge is 2.38. The van der Waals surface area contributed by atoms with E-state index < -0.39 is 22.0 Å². The lowest BCUT2D eigenvalue weighted by Gasteiger charge is -2.32. The van der Waals surface area contributed by atoms with E-state index in [2.05, 4.69) is 31.4 Å². The molecule has 0 aliphatic carbocycles. The Hall–Kier alpha value is -1.79. The van der Waals surface area contributed by atoms with Crippen molar-refractivity contribution >= 4 is 60.8 Å². The third-order valence-corrected chi connectivity index (χ3v) is 8.75. The monoisotopic (exact) mass is 530 g/mol. The van der Waals surface area contributed by atoms with Gasteiger partial charge in [-0.1, -0.05) is 39.1 Å². The summed E-state index contributed by atoms with van der Waals surface area (Å²) in [6.45, 7) is 0.254. The zero-order chi connectivity index (χ0) is 21.3. The fourth-order valence-electron chi connectivity index (χ4n) is 3.18. The SMILES string of the molecule is O=C(Nc1nnc(-c2ccc(Br)cc2)o1)C1CCCCN1S(=O)(=O)c1ccc(Cl)s1. The highest BCUT2D eigenvalue weighted by Crippen LogP contribution is 2.32. The number of rotatable bonds is 5. The Labute approximate surface area is 190 Å². The molecule has 1 N–H and O–H groups in total. The molecule has 1 saturated heterocycles. The predicted octanol–water partition coefficient (Wildman–Crippen LogP) is 4.40. The van der Waals surface area contributed by atoms with Crippen molar-refractivity contribution in [3.8, 4) is 11.5 Å². The van der Waals surface area contributed by atoms with Crippen LogP contribution in [0, 0.1) is 0 Å².